The number of nitro groups is 1. The molecule has 0 N–H and O–H groups in total. The normalized spacial score (nSPS) is 10.7. The maximum Gasteiger partial charge on any atom is 0.363 e. The number of benzene rings is 3. The van der Waals surface area contributed by atoms with Crippen LogP contribution in [-0.4, -0.2) is 14.9 Å². The highest BCUT2D eigenvalue weighted by Crippen LogP contribution is 2.39. The summed E-state index contributed by atoms with van der Waals surface area (Å²) in [6.45, 7) is 0. The number of fused-ring (bicyclic) bond motifs is 1. The number of aromatic nitrogens is 2. The Kier molecular flexibility index (Phi) is 4.67. The Balaban J connectivity index is 1.71. The van der Waals surface area contributed by atoms with E-state index in [1.165, 1.54) is 18.1 Å². The van der Waals surface area contributed by atoms with Crippen molar-refractivity contribution in [1.82, 2.24) is 9.97 Å². The molecule has 0 saturated carbocycles. The standard InChI is InChI=1S/C20H13N3O3S/c24-23(25)18-19(21-13-22-20(18)27-17-8-2-1-3-9-17)26-16-11-10-14-6-4-5-7-15(14)12-16/h1-13H. The van der Waals surface area contributed by atoms with E-state index in [1.807, 2.05) is 66.7 Å². The molecule has 0 aliphatic heterocycles. The van der Waals surface area contributed by atoms with Crippen LogP contribution < -0.4 is 4.74 Å². The molecule has 0 bridgehead atoms. The highest BCUT2D eigenvalue weighted by molar-refractivity contribution is 7.99. The van der Waals surface area contributed by atoms with Crippen molar-refractivity contribution in [2.75, 3.05) is 0 Å². The quantitative estimate of drug-likeness (QED) is 0.261. The van der Waals surface area contributed by atoms with Crippen molar-refractivity contribution in [2.45, 2.75) is 9.92 Å². The molecule has 4 rings (SSSR count). The van der Waals surface area contributed by atoms with Crippen LogP contribution in [-0.2, 0) is 0 Å². The Morgan fingerprint density at radius 2 is 1.63 bits per heavy atom. The van der Waals surface area contributed by atoms with Crippen molar-refractivity contribution in [3.63, 3.8) is 0 Å². The molecular formula is C20H13N3O3S. The lowest BCUT2D eigenvalue weighted by Crippen LogP contribution is -2.00. The Labute approximate surface area is 159 Å². The molecule has 132 valence electrons. The number of ether oxygens (including phenoxy) is 1. The SMILES string of the molecule is O=[N+]([O-])c1c(Oc2ccc3ccccc3c2)ncnc1Sc1ccccc1. The first-order chi connectivity index (χ1) is 13.2. The van der Waals surface area contributed by atoms with Gasteiger partial charge in [0.05, 0.1) is 4.92 Å². The first-order valence-electron chi connectivity index (χ1n) is 8.09. The van der Waals surface area contributed by atoms with Gasteiger partial charge in [-0.25, -0.2) is 4.98 Å². The van der Waals surface area contributed by atoms with Crippen LogP contribution in [0.5, 0.6) is 11.6 Å². The summed E-state index contributed by atoms with van der Waals surface area (Å²) in [6.07, 6.45) is 1.27. The van der Waals surface area contributed by atoms with Gasteiger partial charge in [-0.15, -0.1) is 0 Å². The molecular weight excluding hydrogens is 362 g/mol. The molecule has 0 fully saturated rings. The highest BCUT2D eigenvalue weighted by atomic mass is 32.2. The van der Waals surface area contributed by atoms with Crippen LogP contribution in [0.4, 0.5) is 5.69 Å². The summed E-state index contributed by atoms with van der Waals surface area (Å²) in [7, 11) is 0. The monoisotopic (exact) mass is 375 g/mol. The van der Waals surface area contributed by atoms with E-state index in [9.17, 15) is 10.1 Å². The molecule has 0 amide bonds. The van der Waals surface area contributed by atoms with Gasteiger partial charge in [0.15, 0.2) is 5.03 Å². The van der Waals surface area contributed by atoms with Crippen LogP contribution in [0.1, 0.15) is 0 Å². The molecule has 3 aromatic carbocycles. The lowest BCUT2D eigenvalue weighted by Gasteiger charge is -2.08. The van der Waals surface area contributed by atoms with Crippen LogP contribution in [0.25, 0.3) is 10.8 Å². The number of hydrogen-bond donors (Lipinski definition) is 0. The molecule has 4 aromatic rings. The molecule has 27 heavy (non-hydrogen) atoms. The first kappa shape index (κ1) is 17.0. The van der Waals surface area contributed by atoms with E-state index in [-0.39, 0.29) is 16.6 Å². The van der Waals surface area contributed by atoms with Gasteiger partial charge in [0.25, 0.3) is 0 Å². The third kappa shape index (κ3) is 3.73. The van der Waals surface area contributed by atoms with Gasteiger partial charge in [-0.3, -0.25) is 10.1 Å². The third-order valence-electron chi connectivity index (χ3n) is 3.83. The van der Waals surface area contributed by atoms with Gasteiger partial charge in [0.2, 0.25) is 0 Å². The van der Waals surface area contributed by atoms with Gasteiger partial charge in [-0.1, -0.05) is 60.3 Å². The van der Waals surface area contributed by atoms with Gasteiger partial charge in [-0.2, -0.15) is 4.98 Å². The molecule has 0 atom stereocenters. The molecule has 6 nitrogen and oxygen atoms in total. The summed E-state index contributed by atoms with van der Waals surface area (Å²) in [6, 6.07) is 22.6. The zero-order valence-electron chi connectivity index (χ0n) is 14.0. The Hall–Kier alpha value is -3.45. The number of hydrogen-bond acceptors (Lipinski definition) is 6. The van der Waals surface area contributed by atoms with Gasteiger partial charge in [0.1, 0.15) is 12.1 Å². The van der Waals surface area contributed by atoms with Crippen molar-refractivity contribution >= 4 is 28.2 Å². The van der Waals surface area contributed by atoms with E-state index >= 15 is 0 Å². The Morgan fingerprint density at radius 1 is 0.889 bits per heavy atom. The Morgan fingerprint density at radius 3 is 2.41 bits per heavy atom. The minimum atomic E-state index is -0.512. The highest BCUT2D eigenvalue weighted by Gasteiger charge is 2.25. The summed E-state index contributed by atoms with van der Waals surface area (Å²) < 4.78 is 5.75. The van der Waals surface area contributed by atoms with Crippen LogP contribution in [0.3, 0.4) is 0 Å². The first-order valence-corrected chi connectivity index (χ1v) is 8.91. The minimum Gasteiger partial charge on any atom is -0.434 e. The predicted molar refractivity (Wildman–Crippen MR) is 103 cm³/mol. The van der Waals surface area contributed by atoms with Crippen molar-refractivity contribution in [1.29, 1.82) is 0 Å². The maximum atomic E-state index is 11.7. The van der Waals surface area contributed by atoms with Crippen molar-refractivity contribution in [2.24, 2.45) is 0 Å². The van der Waals surface area contributed by atoms with Crippen LogP contribution in [0.2, 0.25) is 0 Å². The molecule has 0 radical (unpaired) electrons. The lowest BCUT2D eigenvalue weighted by molar-refractivity contribution is -0.389. The molecule has 0 aliphatic carbocycles. The van der Waals surface area contributed by atoms with Crippen molar-refractivity contribution < 1.29 is 9.66 Å². The van der Waals surface area contributed by atoms with Crippen molar-refractivity contribution in [3.05, 3.63) is 89.2 Å². The summed E-state index contributed by atoms with van der Waals surface area (Å²) in [5, 5.41) is 13.9. The van der Waals surface area contributed by atoms with Crippen LogP contribution >= 0.6 is 11.8 Å². The number of rotatable bonds is 5. The summed E-state index contributed by atoms with van der Waals surface area (Å²) in [5.74, 6) is 0.398. The van der Waals surface area contributed by atoms with E-state index in [4.69, 9.17) is 4.74 Å². The fourth-order valence-corrected chi connectivity index (χ4v) is 3.47. The molecule has 1 heterocycles. The second-order valence-electron chi connectivity index (χ2n) is 5.62. The largest absolute Gasteiger partial charge is 0.434 e. The summed E-state index contributed by atoms with van der Waals surface area (Å²) in [4.78, 5) is 20.1. The molecule has 1 aromatic heterocycles. The van der Waals surface area contributed by atoms with E-state index in [2.05, 4.69) is 9.97 Å². The minimum absolute atomic E-state index is 0.0799. The fourth-order valence-electron chi connectivity index (χ4n) is 2.60. The lowest BCUT2D eigenvalue weighted by atomic mass is 10.1. The Bertz CT molecular complexity index is 1120. The number of nitrogens with zero attached hydrogens (tertiary/aromatic N) is 3. The zero-order chi connectivity index (χ0) is 18.6. The molecule has 7 heteroatoms. The van der Waals surface area contributed by atoms with Crippen LogP contribution in [0.15, 0.2) is 89.0 Å². The zero-order valence-corrected chi connectivity index (χ0v) is 14.8. The summed E-state index contributed by atoms with van der Waals surface area (Å²) in [5.41, 5.74) is -0.250. The van der Waals surface area contributed by atoms with E-state index in [0.29, 0.717) is 5.75 Å². The van der Waals surface area contributed by atoms with Gasteiger partial charge >= 0.3 is 11.6 Å². The van der Waals surface area contributed by atoms with E-state index in [0.717, 1.165) is 15.7 Å². The third-order valence-corrected chi connectivity index (χ3v) is 4.83. The van der Waals surface area contributed by atoms with Crippen molar-refractivity contribution in [3.8, 4) is 11.6 Å². The topological polar surface area (TPSA) is 78.2 Å². The molecule has 0 saturated heterocycles. The second-order valence-corrected chi connectivity index (χ2v) is 6.68. The molecule has 0 unspecified atom stereocenters. The van der Waals surface area contributed by atoms with Gasteiger partial charge in [0, 0.05) is 4.90 Å². The van der Waals surface area contributed by atoms with E-state index < -0.39 is 4.92 Å². The second kappa shape index (κ2) is 7.43. The summed E-state index contributed by atoms with van der Waals surface area (Å²) >= 11 is 1.20. The van der Waals surface area contributed by atoms with Gasteiger partial charge < -0.3 is 4.74 Å². The predicted octanol–water partition coefficient (Wildman–Crippen LogP) is 5.48. The average molecular weight is 375 g/mol. The smallest absolute Gasteiger partial charge is 0.363 e. The van der Waals surface area contributed by atoms with E-state index in [1.54, 1.807) is 6.07 Å². The average Bonchev–Trinajstić information content (AvgIpc) is 2.68. The van der Waals surface area contributed by atoms with Gasteiger partial charge in [-0.05, 0) is 35.0 Å². The fraction of sp³-hybridized carbons (Fsp3) is 0. The molecule has 0 spiro atoms. The maximum absolute atomic E-state index is 11.7. The molecule has 0 aliphatic rings. The van der Waals surface area contributed by atoms with Crippen LogP contribution in [0, 0.1) is 10.1 Å².